The minimum absolute atomic E-state index is 0.0994. The van der Waals surface area contributed by atoms with Gasteiger partial charge in [-0.3, -0.25) is 0 Å². The van der Waals surface area contributed by atoms with Crippen LogP contribution in [0, 0.1) is 17.8 Å². The SMILES string of the molecule is COC(=O)c1ccc(CBr)c(OC(=O)c2ccc(OC)c(C34CC5CC(CC(C5)C3)C4)c2)c1. The third kappa shape index (κ3) is 4.07. The van der Waals surface area contributed by atoms with E-state index in [0.717, 1.165) is 34.6 Å². The van der Waals surface area contributed by atoms with Crippen LogP contribution in [0.1, 0.15) is 70.4 Å². The maximum Gasteiger partial charge on any atom is 0.343 e. The lowest BCUT2D eigenvalue weighted by Gasteiger charge is -2.57. The summed E-state index contributed by atoms with van der Waals surface area (Å²) in [5.74, 6) is 2.68. The monoisotopic (exact) mass is 512 g/mol. The van der Waals surface area contributed by atoms with E-state index in [4.69, 9.17) is 14.2 Å². The number of methoxy groups -OCH3 is 2. The second-order valence-electron chi connectivity index (χ2n) is 9.95. The normalized spacial score (nSPS) is 27.3. The molecule has 0 atom stereocenters. The maximum atomic E-state index is 13.2. The van der Waals surface area contributed by atoms with Crippen molar-refractivity contribution in [2.45, 2.75) is 49.3 Å². The molecule has 0 spiro atoms. The Morgan fingerprint density at radius 3 is 2.06 bits per heavy atom. The molecule has 0 aromatic heterocycles. The van der Waals surface area contributed by atoms with E-state index in [1.165, 1.54) is 45.6 Å². The quantitative estimate of drug-likeness (QED) is 0.267. The highest BCUT2D eigenvalue weighted by atomic mass is 79.9. The summed E-state index contributed by atoms with van der Waals surface area (Å²) >= 11 is 3.43. The van der Waals surface area contributed by atoms with Gasteiger partial charge in [0.15, 0.2) is 0 Å². The molecule has 33 heavy (non-hydrogen) atoms. The third-order valence-electron chi connectivity index (χ3n) is 7.88. The van der Waals surface area contributed by atoms with Crippen LogP contribution >= 0.6 is 15.9 Å². The smallest absolute Gasteiger partial charge is 0.343 e. The van der Waals surface area contributed by atoms with Crippen molar-refractivity contribution in [2.24, 2.45) is 17.8 Å². The minimum Gasteiger partial charge on any atom is -0.496 e. The third-order valence-corrected chi connectivity index (χ3v) is 8.48. The Hall–Kier alpha value is -2.34. The number of carbonyl (C=O) groups is 2. The van der Waals surface area contributed by atoms with Crippen molar-refractivity contribution in [3.05, 3.63) is 58.7 Å². The van der Waals surface area contributed by atoms with Gasteiger partial charge in [-0.25, -0.2) is 9.59 Å². The molecule has 5 nitrogen and oxygen atoms in total. The van der Waals surface area contributed by atoms with Crippen molar-refractivity contribution in [3.8, 4) is 11.5 Å². The minimum atomic E-state index is -0.470. The highest BCUT2D eigenvalue weighted by Gasteiger charge is 2.52. The van der Waals surface area contributed by atoms with Crippen molar-refractivity contribution in [1.82, 2.24) is 0 Å². The van der Waals surface area contributed by atoms with Gasteiger partial charge in [-0.05, 0) is 92.0 Å². The molecular formula is C27H29BrO5. The summed E-state index contributed by atoms with van der Waals surface area (Å²) in [6, 6.07) is 10.6. The van der Waals surface area contributed by atoms with Gasteiger partial charge < -0.3 is 14.2 Å². The molecule has 0 saturated heterocycles. The fourth-order valence-electron chi connectivity index (χ4n) is 6.85. The lowest BCUT2D eigenvalue weighted by atomic mass is 9.48. The van der Waals surface area contributed by atoms with E-state index in [1.807, 2.05) is 12.1 Å². The van der Waals surface area contributed by atoms with E-state index in [-0.39, 0.29) is 5.41 Å². The van der Waals surface area contributed by atoms with Crippen molar-refractivity contribution >= 4 is 27.9 Å². The summed E-state index contributed by atoms with van der Waals surface area (Å²) in [4.78, 5) is 25.2. The Bertz CT molecular complexity index is 1060. The molecule has 0 unspecified atom stereocenters. The standard InChI is InChI=1S/C27H29BrO5/c1-31-23-6-5-19(10-22(23)27-12-16-7-17(13-27)9-18(8-16)14-27)26(30)33-24-11-20(25(29)32-2)3-4-21(24)15-28/h3-6,10-11,16-18H,7-9,12-15H2,1-2H3. The van der Waals surface area contributed by atoms with Crippen molar-refractivity contribution < 1.29 is 23.8 Å². The predicted octanol–water partition coefficient (Wildman–Crippen LogP) is 6.06. The number of benzene rings is 2. The van der Waals surface area contributed by atoms with Crippen LogP contribution in [0.3, 0.4) is 0 Å². The van der Waals surface area contributed by atoms with E-state index >= 15 is 0 Å². The summed E-state index contributed by atoms with van der Waals surface area (Å²) < 4.78 is 16.4. The van der Waals surface area contributed by atoms with Crippen molar-refractivity contribution in [1.29, 1.82) is 0 Å². The first-order valence-corrected chi connectivity index (χ1v) is 12.7. The second-order valence-corrected chi connectivity index (χ2v) is 10.5. The van der Waals surface area contributed by atoms with Crippen molar-refractivity contribution in [3.63, 3.8) is 0 Å². The highest BCUT2D eigenvalue weighted by Crippen LogP contribution is 2.61. The number of carbonyl (C=O) groups excluding carboxylic acids is 2. The van der Waals surface area contributed by atoms with Gasteiger partial charge in [0.2, 0.25) is 0 Å². The zero-order chi connectivity index (χ0) is 23.2. The van der Waals surface area contributed by atoms with Gasteiger partial charge in [0.1, 0.15) is 11.5 Å². The number of hydrogen-bond acceptors (Lipinski definition) is 5. The average Bonchev–Trinajstić information content (AvgIpc) is 2.82. The molecule has 0 radical (unpaired) electrons. The first-order valence-electron chi connectivity index (χ1n) is 11.6. The van der Waals surface area contributed by atoms with E-state index in [0.29, 0.717) is 22.2 Å². The molecule has 0 aliphatic heterocycles. The average molecular weight is 513 g/mol. The van der Waals surface area contributed by atoms with Gasteiger partial charge in [0, 0.05) is 16.5 Å². The molecule has 6 rings (SSSR count). The number of ether oxygens (including phenoxy) is 3. The Balaban J connectivity index is 1.46. The van der Waals surface area contributed by atoms with Crippen LogP contribution in [0.15, 0.2) is 36.4 Å². The van der Waals surface area contributed by atoms with Gasteiger partial charge in [-0.2, -0.15) is 0 Å². The Kier molecular flexibility index (Phi) is 5.98. The first-order chi connectivity index (χ1) is 15.9. The van der Waals surface area contributed by atoms with Gasteiger partial charge in [0.05, 0.1) is 25.3 Å². The highest BCUT2D eigenvalue weighted by molar-refractivity contribution is 9.08. The lowest BCUT2D eigenvalue weighted by Crippen LogP contribution is -2.48. The first kappa shape index (κ1) is 22.5. The fourth-order valence-corrected chi connectivity index (χ4v) is 7.32. The van der Waals surface area contributed by atoms with E-state index in [9.17, 15) is 9.59 Å². The number of halogens is 1. The second kappa shape index (κ2) is 8.79. The van der Waals surface area contributed by atoms with E-state index in [2.05, 4.69) is 15.9 Å². The topological polar surface area (TPSA) is 61.8 Å². The summed E-state index contributed by atoms with van der Waals surface area (Å²) in [7, 11) is 3.04. The number of hydrogen-bond donors (Lipinski definition) is 0. The van der Waals surface area contributed by atoms with Crippen LogP contribution in [0.2, 0.25) is 0 Å². The molecule has 4 bridgehead atoms. The molecule has 4 fully saturated rings. The zero-order valence-corrected chi connectivity index (χ0v) is 20.7. The van der Waals surface area contributed by atoms with Crippen LogP contribution in [0.5, 0.6) is 11.5 Å². The molecular weight excluding hydrogens is 484 g/mol. The Labute approximate surface area is 202 Å². The summed E-state index contributed by atoms with van der Waals surface area (Å²) in [6.07, 6.45) is 7.62. The summed E-state index contributed by atoms with van der Waals surface area (Å²) in [5.41, 5.74) is 2.88. The maximum absolute atomic E-state index is 13.2. The number of rotatable bonds is 6. The molecule has 4 saturated carbocycles. The van der Waals surface area contributed by atoms with Gasteiger partial charge in [-0.15, -0.1) is 0 Å². The number of esters is 2. The molecule has 0 N–H and O–H groups in total. The molecule has 4 aliphatic rings. The van der Waals surface area contributed by atoms with Crippen LogP contribution in [-0.2, 0) is 15.5 Å². The van der Waals surface area contributed by atoms with Crippen LogP contribution in [-0.4, -0.2) is 26.2 Å². The molecule has 2 aromatic rings. The van der Waals surface area contributed by atoms with Crippen molar-refractivity contribution in [2.75, 3.05) is 14.2 Å². The summed E-state index contributed by atoms with van der Waals surface area (Å²) in [5, 5.41) is 0.498. The van der Waals surface area contributed by atoms with Crippen LogP contribution in [0.4, 0.5) is 0 Å². The molecule has 174 valence electrons. The fraction of sp³-hybridized carbons (Fsp3) is 0.481. The van der Waals surface area contributed by atoms with Crippen LogP contribution in [0.25, 0.3) is 0 Å². The van der Waals surface area contributed by atoms with Gasteiger partial charge in [0.25, 0.3) is 0 Å². The van der Waals surface area contributed by atoms with Gasteiger partial charge >= 0.3 is 11.9 Å². The zero-order valence-electron chi connectivity index (χ0n) is 19.1. The predicted molar refractivity (Wildman–Crippen MR) is 128 cm³/mol. The van der Waals surface area contributed by atoms with E-state index in [1.54, 1.807) is 31.4 Å². The van der Waals surface area contributed by atoms with Gasteiger partial charge in [-0.1, -0.05) is 22.0 Å². The van der Waals surface area contributed by atoms with E-state index < -0.39 is 11.9 Å². The molecule has 6 heteroatoms. The molecule has 0 amide bonds. The molecule has 4 aliphatic carbocycles. The Morgan fingerprint density at radius 1 is 0.879 bits per heavy atom. The number of alkyl halides is 1. The van der Waals surface area contributed by atoms with Crippen LogP contribution < -0.4 is 9.47 Å². The largest absolute Gasteiger partial charge is 0.496 e. The summed E-state index contributed by atoms with van der Waals surface area (Å²) in [6.45, 7) is 0. The lowest BCUT2D eigenvalue weighted by molar-refractivity contribution is -0.00618. The molecule has 2 aromatic carbocycles. The molecule has 0 heterocycles. The Morgan fingerprint density at radius 2 is 1.48 bits per heavy atom.